The Hall–Kier alpha value is -1.38. The Labute approximate surface area is 121 Å². The molecule has 1 aliphatic heterocycles. The topological polar surface area (TPSA) is 20.3 Å². The first kappa shape index (κ1) is 15.0. The molecule has 0 bridgehead atoms. The fourth-order valence-corrected chi connectivity index (χ4v) is 3.10. The van der Waals surface area contributed by atoms with Crippen molar-refractivity contribution >= 4 is 5.91 Å². The van der Waals surface area contributed by atoms with Crippen LogP contribution in [0.1, 0.15) is 54.9 Å². The molecule has 0 saturated carbocycles. The molecule has 110 valence electrons. The van der Waals surface area contributed by atoms with Crippen molar-refractivity contribution < 1.29 is 9.18 Å². The Morgan fingerprint density at radius 3 is 2.85 bits per heavy atom. The highest BCUT2D eigenvalue weighted by Gasteiger charge is 2.22. The van der Waals surface area contributed by atoms with Crippen LogP contribution >= 0.6 is 0 Å². The maximum absolute atomic E-state index is 13.1. The van der Waals surface area contributed by atoms with Crippen LogP contribution in [0.3, 0.4) is 0 Å². The van der Waals surface area contributed by atoms with Gasteiger partial charge in [0.25, 0.3) is 5.91 Å². The minimum Gasteiger partial charge on any atom is -0.339 e. The molecule has 2 rings (SSSR count). The molecule has 0 N–H and O–H groups in total. The van der Waals surface area contributed by atoms with Crippen molar-refractivity contribution in [2.45, 2.75) is 46.0 Å². The predicted molar refractivity (Wildman–Crippen MR) is 79.3 cm³/mol. The molecule has 0 radical (unpaired) electrons. The molecule has 1 aromatic rings. The highest BCUT2D eigenvalue weighted by Crippen LogP contribution is 2.23. The van der Waals surface area contributed by atoms with Crippen molar-refractivity contribution in [1.82, 2.24) is 4.90 Å². The number of benzene rings is 1. The number of hydrogen-bond acceptors (Lipinski definition) is 1. The Kier molecular flexibility index (Phi) is 5.16. The van der Waals surface area contributed by atoms with Gasteiger partial charge >= 0.3 is 0 Å². The molecule has 1 atom stereocenters. The van der Waals surface area contributed by atoms with E-state index in [1.54, 1.807) is 13.0 Å². The molecule has 20 heavy (non-hydrogen) atoms. The second-order valence-corrected chi connectivity index (χ2v) is 5.84. The highest BCUT2D eigenvalue weighted by molar-refractivity contribution is 5.95. The molecule has 1 heterocycles. The van der Waals surface area contributed by atoms with Crippen LogP contribution in [0.5, 0.6) is 0 Å². The van der Waals surface area contributed by atoms with Gasteiger partial charge in [0.2, 0.25) is 0 Å². The quantitative estimate of drug-likeness (QED) is 0.811. The van der Waals surface area contributed by atoms with Crippen molar-refractivity contribution in [2.24, 2.45) is 5.92 Å². The van der Waals surface area contributed by atoms with Gasteiger partial charge in [-0.25, -0.2) is 4.39 Å². The third-order valence-corrected chi connectivity index (χ3v) is 4.25. The molecule has 1 saturated heterocycles. The number of carbonyl (C=O) groups is 1. The molecular formula is C17H24FNO. The summed E-state index contributed by atoms with van der Waals surface area (Å²) in [6, 6.07) is 4.42. The maximum atomic E-state index is 13.1. The van der Waals surface area contributed by atoms with E-state index >= 15 is 0 Å². The molecule has 3 heteroatoms. The van der Waals surface area contributed by atoms with Gasteiger partial charge in [0.15, 0.2) is 0 Å². The molecule has 1 amide bonds. The molecule has 1 aromatic carbocycles. The lowest BCUT2D eigenvalue weighted by molar-refractivity contribution is 0.0759. The molecule has 1 fully saturated rings. The zero-order valence-electron chi connectivity index (χ0n) is 12.5. The van der Waals surface area contributed by atoms with Gasteiger partial charge < -0.3 is 4.90 Å². The van der Waals surface area contributed by atoms with Crippen LogP contribution in [-0.2, 0) is 0 Å². The number of rotatable bonds is 3. The SMILES string of the molecule is CCCC1CCCN(C(=O)c2ccc(F)cc2C)CC1. The number of halogens is 1. The summed E-state index contributed by atoms with van der Waals surface area (Å²) in [5.74, 6) is 0.532. The van der Waals surface area contributed by atoms with E-state index < -0.39 is 0 Å². The molecular weight excluding hydrogens is 253 g/mol. The molecule has 1 aliphatic rings. The average Bonchev–Trinajstić information content (AvgIpc) is 2.64. The fourth-order valence-electron chi connectivity index (χ4n) is 3.10. The Morgan fingerprint density at radius 2 is 2.15 bits per heavy atom. The first-order valence-electron chi connectivity index (χ1n) is 7.67. The molecule has 2 nitrogen and oxygen atoms in total. The second-order valence-electron chi connectivity index (χ2n) is 5.84. The number of amides is 1. The summed E-state index contributed by atoms with van der Waals surface area (Å²) in [6.07, 6.45) is 5.88. The van der Waals surface area contributed by atoms with Crippen molar-refractivity contribution in [3.8, 4) is 0 Å². The van der Waals surface area contributed by atoms with Gasteiger partial charge in [-0.15, -0.1) is 0 Å². The van der Waals surface area contributed by atoms with Crippen LogP contribution in [0.25, 0.3) is 0 Å². The predicted octanol–water partition coefficient (Wildman–Crippen LogP) is 4.18. The first-order valence-corrected chi connectivity index (χ1v) is 7.67. The van der Waals surface area contributed by atoms with Gasteiger partial charge in [0.05, 0.1) is 0 Å². The van der Waals surface area contributed by atoms with Gasteiger partial charge in [-0.3, -0.25) is 4.79 Å². The maximum Gasteiger partial charge on any atom is 0.254 e. The van der Waals surface area contributed by atoms with E-state index in [-0.39, 0.29) is 11.7 Å². The van der Waals surface area contributed by atoms with E-state index in [9.17, 15) is 9.18 Å². The standard InChI is InChI=1S/C17H24FNO/c1-3-5-14-6-4-10-19(11-9-14)17(20)16-8-7-15(18)12-13(16)2/h7-8,12,14H,3-6,9-11H2,1-2H3. The zero-order valence-corrected chi connectivity index (χ0v) is 12.5. The van der Waals surface area contributed by atoms with Crippen LogP contribution < -0.4 is 0 Å². The lowest BCUT2D eigenvalue weighted by Crippen LogP contribution is -2.32. The summed E-state index contributed by atoms with van der Waals surface area (Å²) in [4.78, 5) is 14.5. The van der Waals surface area contributed by atoms with E-state index in [0.717, 1.165) is 37.4 Å². The number of nitrogens with zero attached hydrogens (tertiary/aromatic N) is 1. The summed E-state index contributed by atoms with van der Waals surface area (Å²) in [5, 5.41) is 0. The minimum absolute atomic E-state index is 0.0552. The van der Waals surface area contributed by atoms with Gasteiger partial charge in [0.1, 0.15) is 5.82 Å². The van der Waals surface area contributed by atoms with Gasteiger partial charge in [-0.2, -0.15) is 0 Å². The van der Waals surface area contributed by atoms with E-state index in [1.165, 1.54) is 31.4 Å². The summed E-state index contributed by atoms with van der Waals surface area (Å²) in [7, 11) is 0. The summed E-state index contributed by atoms with van der Waals surface area (Å²) < 4.78 is 13.1. The highest BCUT2D eigenvalue weighted by atomic mass is 19.1. The van der Waals surface area contributed by atoms with Gasteiger partial charge in [0, 0.05) is 18.7 Å². The largest absolute Gasteiger partial charge is 0.339 e. The summed E-state index contributed by atoms with van der Waals surface area (Å²) in [5.41, 5.74) is 1.37. The van der Waals surface area contributed by atoms with Crippen LogP contribution in [-0.4, -0.2) is 23.9 Å². The third-order valence-electron chi connectivity index (χ3n) is 4.25. The van der Waals surface area contributed by atoms with E-state index in [0.29, 0.717) is 5.56 Å². The molecule has 1 unspecified atom stereocenters. The van der Waals surface area contributed by atoms with Crippen molar-refractivity contribution in [1.29, 1.82) is 0 Å². The Balaban J connectivity index is 2.05. The molecule has 0 aromatic heterocycles. The van der Waals surface area contributed by atoms with E-state index in [1.807, 2.05) is 4.90 Å². The number of carbonyl (C=O) groups excluding carboxylic acids is 1. The van der Waals surface area contributed by atoms with E-state index in [2.05, 4.69) is 6.92 Å². The normalized spacial score (nSPS) is 19.8. The van der Waals surface area contributed by atoms with Crippen molar-refractivity contribution in [2.75, 3.05) is 13.1 Å². The first-order chi connectivity index (χ1) is 9.61. The monoisotopic (exact) mass is 277 g/mol. The number of hydrogen-bond donors (Lipinski definition) is 0. The minimum atomic E-state index is -0.280. The number of aryl methyl sites for hydroxylation is 1. The van der Waals surface area contributed by atoms with Crippen LogP contribution in [0.15, 0.2) is 18.2 Å². The second kappa shape index (κ2) is 6.87. The summed E-state index contributed by atoms with van der Waals surface area (Å²) in [6.45, 7) is 5.68. The van der Waals surface area contributed by atoms with E-state index in [4.69, 9.17) is 0 Å². The Morgan fingerprint density at radius 1 is 1.35 bits per heavy atom. The zero-order chi connectivity index (χ0) is 14.5. The fraction of sp³-hybridized carbons (Fsp3) is 0.588. The average molecular weight is 277 g/mol. The lowest BCUT2D eigenvalue weighted by atomic mass is 9.96. The molecule has 0 aliphatic carbocycles. The van der Waals surface area contributed by atoms with Crippen LogP contribution in [0.2, 0.25) is 0 Å². The Bertz CT molecular complexity index is 472. The van der Waals surface area contributed by atoms with Crippen molar-refractivity contribution in [3.63, 3.8) is 0 Å². The van der Waals surface area contributed by atoms with Crippen LogP contribution in [0, 0.1) is 18.7 Å². The number of likely N-dealkylation sites (tertiary alicyclic amines) is 1. The van der Waals surface area contributed by atoms with Crippen molar-refractivity contribution in [3.05, 3.63) is 35.1 Å². The van der Waals surface area contributed by atoms with Gasteiger partial charge in [-0.05, 0) is 55.9 Å². The summed E-state index contributed by atoms with van der Waals surface area (Å²) >= 11 is 0. The molecule has 0 spiro atoms. The third kappa shape index (κ3) is 3.59. The van der Waals surface area contributed by atoms with Gasteiger partial charge in [-0.1, -0.05) is 19.8 Å². The smallest absolute Gasteiger partial charge is 0.254 e. The lowest BCUT2D eigenvalue weighted by Gasteiger charge is -2.21. The van der Waals surface area contributed by atoms with Crippen LogP contribution in [0.4, 0.5) is 4.39 Å².